The summed E-state index contributed by atoms with van der Waals surface area (Å²) in [6.45, 7) is 9.30. The summed E-state index contributed by atoms with van der Waals surface area (Å²) < 4.78 is 11.0. The smallest absolute Gasteiger partial charge is 0.191 e. The summed E-state index contributed by atoms with van der Waals surface area (Å²) in [7, 11) is 3.41. The molecule has 1 saturated heterocycles. The van der Waals surface area contributed by atoms with Crippen LogP contribution in [0.3, 0.4) is 0 Å². The van der Waals surface area contributed by atoms with Crippen molar-refractivity contribution in [1.29, 1.82) is 0 Å². The van der Waals surface area contributed by atoms with E-state index in [-0.39, 0.29) is 0 Å². The molecule has 1 aliphatic rings. The highest BCUT2D eigenvalue weighted by Crippen LogP contribution is 2.30. The van der Waals surface area contributed by atoms with Crippen molar-refractivity contribution in [3.8, 4) is 11.5 Å². The van der Waals surface area contributed by atoms with Crippen molar-refractivity contribution in [3.05, 3.63) is 47.3 Å². The summed E-state index contributed by atoms with van der Waals surface area (Å²) >= 11 is 0. The number of hydrogen-bond acceptors (Lipinski definition) is 5. The van der Waals surface area contributed by atoms with Crippen molar-refractivity contribution in [3.63, 3.8) is 0 Å². The molecule has 0 bridgehead atoms. The molecule has 2 heterocycles. The predicted molar refractivity (Wildman–Crippen MR) is 122 cm³/mol. The Morgan fingerprint density at radius 1 is 1.23 bits per heavy atom. The Kier molecular flexibility index (Phi) is 7.38. The lowest BCUT2D eigenvalue weighted by molar-refractivity contribution is 0.407. The van der Waals surface area contributed by atoms with Gasteiger partial charge in [-0.1, -0.05) is 12.1 Å². The standard InChI is InChI=1S/C23H33N5O2/c1-6-24-23(26-14-19-17(3)22(30-5)16(2)13-25-19)27-18-11-12-28(15-18)20-9-7-8-10-21(20)29-4/h7-10,13,18H,6,11-12,14-15H2,1-5H3,(H2,24,26,27). The van der Waals surface area contributed by atoms with E-state index < -0.39 is 0 Å². The normalized spacial score (nSPS) is 16.5. The third-order valence-electron chi connectivity index (χ3n) is 5.44. The zero-order chi connectivity index (χ0) is 21.5. The summed E-state index contributed by atoms with van der Waals surface area (Å²) in [5.74, 6) is 2.61. The lowest BCUT2D eigenvalue weighted by atomic mass is 10.1. The maximum absolute atomic E-state index is 5.52. The van der Waals surface area contributed by atoms with Gasteiger partial charge in [0.25, 0.3) is 0 Å². The van der Waals surface area contributed by atoms with Crippen molar-refractivity contribution in [2.45, 2.75) is 39.8 Å². The Bertz CT molecular complexity index is 884. The summed E-state index contributed by atoms with van der Waals surface area (Å²) in [6, 6.07) is 8.48. The van der Waals surface area contributed by atoms with Crippen molar-refractivity contribution in [1.82, 2.24) is 15.6 Å². The minimum Gasteiger partial charge on any atom is -0.496 e. The number of benzene rings is 1. The molecule has 2 N–H and O–H groups in total. The molecule has 0 aliphatic carbocycles. The predicted octanol–water partition coefficient (Wildman–Crippen LogP) is 3.05. The SMILES string of the molecule is CCNC(=NCc1ncc(C)c(OC)c1C)NC1CCN(c2ccccc2OC)C1. The van der Waals surface area contributed by atoms with Crippen molar-refractivity contribution < 1.29 is 9.47 Å². The number of anilines is 1. The molecule has 1 fully saturated rings. The number of methoxy groups -OCH3 is 2. The number of ether oxygens (including phenoxy) is 2. The van der Waals surface area contributed by atoms with Crippen molar-refractivity contribution >= 4 is 11.6 Å². The molecule has 30 heavy (non-hydrogen) atoms. The first kappa shape index (κ1) is 21.7. The Morgan fingerprint density at radius 2 is 2.03 bits per heavy atom. The van der Waals surface area contributed by atoms with E-state index in [2.05, 4.69) is 39.6 Å². The average molecular weight is 412 g/mol. The number of nitrogens with zero attached hydrogens (tertiary/aromatic N) is 3. The Balaban J connectivity index is 1.68. The number of pyridine rings is 1. The second-order valence-electron chi connectivity index (χ2n) is 7.49. The topological polar surface area (TPSA) is 71.0 Å². The third-order valence-corrected chi connectivity index (χ3v) is 5.44. The van der Waals surface area contributed by atoms with Gasteiger partial charge in [0.1, 0.15) is 11.5 Å². The first-order valence-electron chi connectivity index (χ1n) is 10.5. The molecule has 0 amide bonds. The van der Waals surface area contributed by atoms with Crippen LogP contribution in [0.2, 0.25) is 0 Å². The highest BCUT2D eigenvalue weighted by Gasteiger charge is 2.25. The highest BCUT2D eigenvalue weighted by atomic mass is 16.5. The molecule has 7 nitrogen and oxygen atoms in total. The number of rotatable bonds is 7. The van der Waals surface area contributed by atoms with Crippen molar-refractivity contribution in [2.75, 3.05) is 38.8 Å². The van der Waals surface area contributed by atoms with Gasteiger partial charge < -0.3 is 25.0 Å². The monoisotopic (exact) mass is 411 g/mol. The van der Waals surface area contributed by atoms with E-state index in [1.54, 1.807) is 14.2 Å². The summed E-state index contributed by atoms with van der Waals surface area (Å²) in [4.78, 5) is 11.7. The second kappa shape index (κ2) is 10.2. The third kappa shape index (κ3) is 4.96. The summed E-state index contributed by atoms with van der Waals surface area (Å²) in [5.41, 5.74) is 4.14. The average Bonchev–Trinajstić information content (AvgIpc) is 3.22. The molecule has 0 spiro atoms. The molecule has 7 heteroatoms. The molecule has 1 unspecified atom stereocenters. The van der Waals surface area contributed by atoms with Gasteiger partial charge in [-0.05, 0) is 39.3 Å². The molecule has 1 atom stereocenters. The van der Waals surface area contributed by atoms with E-state index in [1.165, 1.54) is 0 Å². The van der Waals surface area contributed by atoms with E-state index in [9.17, 15) is 0 Å². The molecule has 3 rings (SSSR count). The lowest BCUT2D eigenvalue weighted by Gasteiger charge is -2.22. The molecule has 1 aliphatic heterocycles. The summed E-state index contributed by atoms with van der Waals surface area (Å²) in [5, 5.41) is 6.93. The molecule has 162 valence electrons. The van der Waals surface area contributed by atoms with Crippen LogP contribution in [0.15, 0.2) is 35.5 Å². The van der Waals surface area contributed by atoms with Gasteiger partial charge >= 0.3 is 0 Å². The number of guanidine groups is 1. The van der Waals surface area contributed by atoms with Gasteiger partial charge in [-0.15, -0.1) is 0 Å². The number of nitrogens with one attached hydrogen (secondary N) is 2. The van der Waals surface area contributed by atoms with Crippen LogP contribution in [0, 0.1) is 13.8 Å². The minimum atomic E-state index is 0.314. The number of aliphatic imine (C=N–C) groups is 1. The number of hydrogen-bond donors (Lipinski definition) is 2. The molecular formula is C23H33N5O2. The van der Waals surface area contributed by atoms with Crippen LogP contribution in [-0.2, 0) is 6.54 Å². The van der Waals surface area contributed by atoms with Gasteiger partial charge in [-0.25, -0.2) is 4.99 Å². The van der Waals surface area contributed by atoms with E-state index >= 15 is 0 Å². The molecule has 1 aromatic heterocycles. The zero-order valence-electron chi connectivity index (χ0n) is 18.7. The van der Waals surface area contributed by atoms with Gasteiger partial charge in [0, 0.05) is 43.0 Å². The number of para-hydroxylation sites is 2. The van der Waals surface area contributed by atoms with Crippen LogP contribution in [0.4, 0.5) is 5.69 Å². The van der Waals surface area contributed by atoms with Crippen LogP contribution < -0.4 is 25.0 Å². The first-order valence-corrected chi connectivity index (χ1v) is 10.5. The van der Waals surface area contributed by atoms with Crippen LogP contribution in [0.1, 0.15) is 30.2 Å². The number of aromatic nitrogens is 1. The van der Waals surface area contributed by atoms with Gasteiger partial charge in [-0.3, -0.25) is 4.98 Å². The van der Waals surface area contributed by atoms with Crippen LogP contribution in [-0.4, -0.2) is 50.8 Å². The fraction of sp³-hybridized carbons (Fsp3) is 0.478. The van der Waals surface area contributed by atoms with E-state index in [0.29, 0.717) is 12.6 Å². The molecule has 2 aromatic rings. The Morgan fingerprint density at radius 3 is 2.77 bits per heavy atom. The van der Waals surface area contributed by atoms with Crippen LogP contribution in [0.5, 0.6) is 11.5 Å². The largest absolute Gasteiger partial charge is 0.496 e. The van der Waals surface area contributed by atoms with E-state index in [1.807, 2.05) is 32.2 Å². The maximum atomic E-state index is 5.52. The number of aryl methyl sites for hydroxylation is 1. The Hall–Kier alpha value is -2.96. The highest BCUT2D eigenvalue weighted by molar-refractivity contribution is 5.80. The van der Waals surface area contributed by atoms with Gasteiger partial charge in [0.2, 0.25) is 0 Å². The molecule has 0 radical (unpaired) electrons. The van der Waals surface area contributed by atoms with Crippen LogP contribution >= 0.6 is 0 Å². The summed E-state index contributed by atoms with van der Waals surface area (Å²) in [6.07, 6.45) is 2.89. The maximum Gasteiger partial charge on any atom is 0.191 e. The first-order chi connectivity index (χ1) is 14.6. The Labute approximate surface area is 179 Å². The fourth-order valence-electron chi connectivity index (χ4n) is 3.89. The van der Waals surface area contributed by atoms with E-state index in [4.69, 9.17) is 14.5 Å². The van der Waals surface area contributed by atoms with Crippen molar-refractivity contribution in [2.24, 2.45) is 4.99 Å². The molecule has 1 aromatic carbocycles. The van der Waals surface area contributed by atoms with Crippen LogP contribution in [0.25, 0.3) is 0 Å². The van der Waals surface area contributed by atoms with E-state index in [0.717, 1.165) is 66.0 Å². The molecule has 0 saturated carbocycles. The fourth-order valence-corrected chi connectivity index (χ4v) is 3.89. The van der Waals surface area contributed by atoms with Gasteiger partial charge in [0.15, 0.2) is 5.96 Å². The minimum absolute atomic E-state index is 0.314. The lowest BCUT2D eigenvalue weighted by Crippen LogP contribution is -2.44. The second-order valence-corrected chi connectivity index (χ2v) is 7.49. The van der Waals surface area contributed by atoms with Gasteiger partial charge in [0.05, 0.1) is 32.1 Å². The quantitative estimate of drug-likeness (QED) is 0.539. The molecular weight excluding hydrogens is 378 g/mol. The zero-order valence-corrected chi connectivity index (χ0v) is 18.7. The van der Waals surface area contributed by atoms with Gasteiger partial charge in [-0.2, -0.15) is 0 Å².